The molecular formula is C19H18FN5OS. The van der Waals surface area contributed by atoms with E-state index >= 15 is 0 Å². The monoisotopic (exact) mass is 383 g/mol. The molecule has 6 nitrogen and oxygen atoms in total. The van der Waals surface area contributed by atoms with Gasteiger partial charge in [0.15, 0.2) is 10.9 Å². The van der Waals surface area contributed by atoms with E-state index < -0.39 is 5.82 Å². The largest absolute Gasteiger partial charge is 0.339 e. The number of thiazole rings is 1. The zero-order valence-corrected chi connectivity index (χ0v) is 15.3. The third kappa shape index (κ3) is 4.11. The van der Waals surface area contributed by atoms with E-state index in [0.717, 1.165) is 23.7 Å². The van der Waals surface area contributed by atoms with Crippen molar-refractivity contribution in [3.63, 3.8) is 0 Å². The van der Waals surface area contributed by atoms with E-state index in [1.165, 1.54) is 23.5 Å². The van der Waals surface area contributed by atoms with Gasteiger partial charge in [-0.25, -0.2) is 14.4 Å². The van der Waals surface area contributed by atoms with E-state index in [2.05, 4.69) is 20.3 Å². The topological polar surface area (TPSA) is 71.0 Å². The summed E-state index contributed by atoms with van der Waals surface area (Å²) in [6, 6.07) is 5.84. The van der Waals surface area contributed by atoms with Crippen molar-refractivity contribution in [2.45, 2.75) is 18.8 Å². The zero-order chi connectivity index (χ0) is 18.6. The summed E-state index contributed by atoms with van der Waals surface area (Å²) in [4.78, 5) is 27.4. The van der Waals surface area contributed by atoms with Crippen LogP contribution >= 0.6 is 11.3 Å². The normalized spacial score (nSPS) is 14.9. The van der Waals surface area contributed by atoms with Gasteiger partial charge < -0.3 is 10.2 Å². The van der Waals surface area contributed by atoms with Gasteiger partial charge in [0, 0.05) is 42.3 Å². The fraction of sp³-hybridized carbons (Fsp3) is 0.263. The SMILES string of the molecule is O=C(c1cccc(F)c1)N1CCC(c2cncc(Nc3nccs3)n2)CC1. The van der Waals surface area contributed by atoms with E-state index in [9.17, 15) is 9.18 Å². The van der Waals surface area contributed by atoms with Gasteiger partial charge in [0.05, 0.1) is 11.9 Å². The quantitative estimate of drug-likeness (QED) is 0.741. The standard InChI is InChI=1S/C19H18FN5OS/c20-15-3-1-2-14(10-15)18(26)25-7-4-13(5-8-25)16-11-21-12-17(23-16)24-19-22-6-9-27-19/h1-3,6,9-13H,4-5,7-8H2,(H,22,23,24). The molecule has 0 spiro atoms. The number of rotatable bonds is 4. The molecule has 27 heavy (non-hydrogen) atoms. The van der Waals surface area contributed by atoms with Gasteiger partial charge in [0.1, 0.15) is 5.82 Å². The van der Waals surface area contributed by atoms with E-state index in [1.54, 1.807) is 35.6 Å². The highest BCUT2D eigenvalue weighted by atomic mass is 32.1. The van der Waals surface area contributed by atoms with Crippen molar-refractivity contribution in [2.75, 3.05) is 18.4 Å². The van der Waals surface area contributed by atoms with Gasteiger partial charge in [0.2, 0.25) is 0 Å². The molecule has 3 aromatic rings. The van der Waals surface area contributed by atoms with Gasteiger partial charge in [-0.2, -0.15) is 0 Å². The highest BCUT2D eigenvalue weighted by Crippen LogP contribution is 2.28. The Labute approximate surface area is 160 Å². The van der Waals surface area contributed by atoms with Crippen LogP contribution < -0.4 is 5.32 Å². The molecule has 1 fully saturated rings. The van der Waals surface area contributed by atoms with Crippen LogP contribution in [0.3, 0.4) is 0 Å². The molecule has 1 amide bonds. The van der Waals surface area contributed by atoms with Crippen LogP contribution in [-0.4, -0.2) is 38.8 Å². The van der Waals surface area contributed by atoms with Crippen molar-refractivity contribution in [2.24, 2.45) is 0 Å². The first kappa shape index (κ1) is 17.5. The molecule has 8 heteroatoms. The summed E-state index contributed by atoms with van der Waals surface area (Å²) in [5.41, 5.74) is 1.30. The minimum atomic E-state index is -0.393. The average Bonchev–Trinajstić information content (AvgIpc) is 3.21. The second kappa shape index (κ2) is 7.79. The molecule has 0 atom stereocenters. The second-order valence-corrected chi connectivity index (χ2v) is 7.26. The highest BCUT2D eigenvalue weighted by Gasteiger charge is 2.26. The molecule has 0 aliphatic carbocycles. The lowest BCUT2D eigenvalue weighted by Crippen LogP contribution is -2.38. The lowest BCUT2D eigenvalue weighted by atomic mass is 9.93. The number of anilines is 2. The first-order chi connectivity index (χ1) is 13.2. The zero-order valence-electron chi connectivity index (χ0n) is 14.5. The van der Waals surface area contributed by atoms with Crippen LogP contribution in [0.25, 0.3) is 0 Å². The van der Waals surface area contributed by atoms with Gasteiger partial charge in [-0.05, 0) is 31.0 Å². The number of nitrogens with zero attached hydrogens (tertiary/aromatic N) is 4. The van der Waals surface area contributed by atoms with Gasteiger partial charge in [0.25, 0.3) is 5.91 Å². The predicted molar refractivity (Wildman–Crippen MR) is 102 cm³/mol. The molecule has 1 aliphatic rings. The Morgan fingerprint density at radius 1 is 1.26 bits per heavy atom. The van der Waals surface area contributed by atoms with E-state index in [0.29, 0.717) is 24.5 Å². The third-order valence-electron chi connectivity index (χ3n) is 4.59. The summed E-state index contributed by atoms with van der Waals surface area (Å²) in [6.45, 7) is 1.23. The minimum Gasteiger partial charge on any atom is -0.339 e. The number of benzene rings is 1. The fourth-order valence-electron chi connectivity index (χ4n) is 3.22. The van der Waals surface area contributed by atoms with Crippen molar-refractivity contribution < 1.29 is 9.18 Å². The first-order valence-electron chi connectivity index (χ1n) is 8.72. The van der Waals surface area contributed by atoms with E-state index in [1.807, 2.05) is 5.38 Å². The van der Waals surface area contributed by atoms with Crippen molar-refractivity contribution >= 4 is 28.2 Å². The maximum atomic E-state index is 13.4. The van der Waals surface area contributed by atoms with Crippen LogP contribution in [0.15, 0.2) is 48.2 Å². The number of halogens is 1. The smallest absolute Gasteiger partial charge is 0.253 e. The number of aromatic nitrogens is 3. The maximum Gasteiger partial charge on any atom is 0.253 e. The number of carbonyl (C=O) groups is 1. The molecule has 4 rings (SSSR count). The van der Waals surface area contributed by atoms with Crippen LogP contribution in [0.5, 0.6) is 0 Å². The number of hydrogen-bond acceptors (Lipinski definition) is 6. The summed E-state index contributed by atoms with van der Waals surface area (Å²) >= 11 is 1.50. The predicted octanol–water partition coefficient (Wildman–Crippen LogP) is 3.84. The molecule has 1 aromatic carbocycles. The molecule has 0 radical (unpaired) electrons. The van der Waals surface area contributed by atoms with Crippen molar-refractivity contribution in [3.8, 4) is 0 Å². The Hall–Kier alpha value is -2.87. The van der Waals surface area contributed by atoms with Crippen LogP contribution in [0, 0.1) is 5.82 Å². The number of nitrogens with one attached hydrogen (secondary N) is 1. The Bertz CT molecular complexity index is 925. The fourth-order valence-corrected chi connectivity index (χ4v) is 3.75. The molecule has 1 N–H and O–H groups in total. The van der Waals surface area contributed by atoms with Crippen LogP contribution in [-0.2, 0) is 0 Å². The molecule has 0 unspecified atom stereocenters. The molecule has 0 saturated carbocycles. The lowest BCUT2D eigenvalue weighted by molar-refractivity contribution is 0.0711. The van der Waals surface area contributed by atoms with Gasteiger partial charge >= 0.3 is 0 Å². The average molecular weight is 383 g/mol. The Kier molecular flexibility index (Phi) is 5.06. The molecule has 1 aliphatic heterocycles. The molecular weight excluding hydrogens is 365 g/mol. The number of hydrogen-bond donors (Lipinski definition) is 1. The van der Waals surface area contributed by atoms with Crippen LogP contribution in [0.2, 0.25) is 0 Å². The maximum absolute atomic E-state index is 13.4. The van der Waals surface area contributed by atoms with Gasteiger partial charge in [-0.15, -0.1) is 11.3 Å². The van der Waals surface area contributed by atoms with E-state index in [-0.39, 0.29) is 11.8 Å². The third-order valence-corrected chi connectivity index (χ3v) is 5.28. The summed E-state index contributed by atoms with van der Waals surface area (Å²) in [7, 11) is 0. The van der Waals surface area contributed by atoms with E-state index in [4.69, 9.17) is 0 Å². The molecule has 1 saturated heterocycles. The Morgan fingerprint density at radius 2 is 2.11 bits per heavy atom. The second-order valence-electron chi connectivity index (χ2n) is 6.37. The summed E-state index contributed by atoms with van der Waals surface area (Å²) in [5.74, 6) is 0.390. The lowest BCUT2D eigenvalue weighted by Gasteiger charge is -2.31. The van der Waals surface area contributed by atoms with Gasteiger partial charge in [-0.1, -0.05) is 6.07 Å². The summed E-state index contributed by atoms with van der Waals surface area (Å²) in [5, 5.41) is 5.82. The molecule has 138 valence electrons. The number of piperidine rings is 1. The van der Waals surface area contributed by atoms with Crippen molar-refractivity contribution in [3.05, 3.63) is 65.3 Å². The number of carbonyl (C=O) groups excluding carboxylic acids is 1. The highest BCUT2D eigenvalue weighted by molar-refractivity contribution is 7.13. The molecule has 3 heterocycles. The minimum absolute atomic E-state index is 0.127. The number of likely N-dealkylation sites (tertiary alicyclic amines) is 1. The molecule has 2 aromatic heterocycles. The summed E-state index contributed by atoms with van der Waals surface area (Å²) in [6.07, 6.45) is 6.79. The van der Waals surface area contributed by atoms with Crippen molar-refractivity contribution in [1.29, 1.82) is 0 Å². The van der Waals surface area contributed by atoms with Crippen LogP contribution in [0.4, 0.5) is 15.3 Å². The first-order valence-corrected chi connectivity index (χ1v) is 9.60. The Balaban J connectivity index is 1.40. The molecule has 0 bridgehead atoms. The van der Waals surface area contributed by atoms with Crippen LogP contribution in [0.1, 0.15) is 34.8 Å². The Morgan fingerprint density at radius 3 is 2.85 bits per heavy atom. The van der Waals surface area contributed by atoms with Crippen molar-refractivity contribution in [1.82, 2.24) is 19.9 Å². The number of amides is 1. The van der Waals surface area contributed by atoms with Gasteiger partial charge in [-0.3, -0.25) is 9.78 Å². The summed E-state index contributed by atoms with van der Waals surface area (Å²) < 4.78 is 13.4.